The minimum atomic E-state index is -3.64. The normalized spacial score (nSPS) is 10.3. The molecule has 14 heavy (non-hydrogen) atoms. The van der Waals surface area contributed by atoms with Crippen molar-refractivity contribution >= 4 is 23.4 Å². The summed E-state index contributed by atoms with van der Waals surface area (Å²) in [7, 11) is -10.1. The molecule has 0 fully saturated rings. The molecule has 6 N–H and O–H groups in total. The standard InChI is InChI=1S/2CH5O3P.HO3P/c2*1-5(2,3)4;1-4(2)3/h2*1H3,(H2,2,3,4);(H-,1,2,3)/p+1. The highest BCUT2D eigenvalue weighted by atomic mass is 31.2. The fourth-order valence-corrected chi connectivity index (χ4v) is 0. The highest BCUT2D eigenvalue weighted by Gasteiger charge is 1.96. The lowest BCUT2D eigenvalue weighted by atomic mass is 12.0. The van der Waals surface area contributed by atoms with Crippen LogP contribution in [0.15, 0.2) is 0 Å². The number of hydrogen-bond acceptors (Lipinski definition) is 3. The second-order valence-corrected chi connectivity index (χ2v) is 5.77. The van der Waals surface area contributed by atoms with Gasteiger partial charge in [-0.05, 0) is 0 Å². The van der Waals surface area contributed by atoms with E-state index in [0.29, 0.717) is 0 Å². The Morgan fingerprint density at radius 2 is 0.857 bits per heavy atom. The van der Waals surface area contributed by atoms with Crippen LogP contribution in [-0.2, 0) is 13.7 Å². The third-order valence-electron chi connectivity index (χ3n) is 0. The van der Waals surface area contributed by atoms with Crippen molar-refractivity contribution in [2.24, 2.45) is 0 Å². The third-order valence-corrected chi connectivity index (χ3v) is 0. The molecule has 0 aromatic rings. The molecule has 0 saturated carbocycles. The highest BCUT2D eigenvalue weighted by molar-refractivity contribution is 7.51. The summed E-state index contributed by atoms with van der Waals surface area (Å²) in [6.07, 6.45) is 0. The summed E-state index contributed by atoms with van der Waals surface area (Å²) in [4.78, 5) is 44.8. The van der Waals surface area contributed by atoms with Crippen molar-refractivity contribution in [3.63, 3.8) is 0 Å². The second-order valence-electron chi connectivity index (χ2n) is 1.92. The van der Waals surface area contributed by atoms with Gasteiger partial charge in [0.1, 0.15) is 0 Å². The summed E-state index contributed by atoms with van der Waals surface area (Å²) in [5.74, 6) is 0. The summed E-state index contributed by atoms with van der Waals surface area (Å²) >= 11 is 0. The Balaban J connectivity index is -0.000000131. The molecule has 0 amide bonds. The van der Waals surface area contributed by atoms with Gasteiger partial charge >= 0.3 is 23.4 Å². The Hall–Kier alpha value is 0.320. The zero-order valence-electron chi connectivity index (χ0n) is 7.25. The van der Waals surface area contributed by atoms with E-state index in [1.54, 1.807) is 0 Å². The van der Waals surface area contributed by atoms with Gasteiger partial charge in [0.05, 0.1) is 0 Å². The fourth-order valence-electron chi connectivity index (χ4n) is 0. The average Bonchev–Trinajstić information content (AvgIpc) is 1.45. The molecule has 0 saturated heterocycles. The Labute approximate surface area is 80.7 Å². The fraction of sp³-hybridized carbons (Fsp3) is 1.00. The predicted molar refractivity (Wildman–Crippen MR) is 48.0 cm³/mol. The van der Waals surface area contributed by atoms with Gasteiger partial charge in [0.2, 0.25) is 0 Å². The first-order valence-corrected chi connectivity index (χ1v) is 7.93. The molecule has 0 aliphatic heterocycles. The van der Waals surface area contributed by atoms with Crippen LogP contribution in [0.4, 0.5) is 0 Å². The monoisotopic (exact) mass is 273 g/mol. The molecule has 0 aliphatic rings. The van der Waals surface area contributed by atoms with E-state index < -0.39 is 23.4 Å². The maximum absolute atomic E-state index is 9.33. The van der Waals surface area contributed by atoms with Crippen molar-refractivity contribution < 1.29 is 43.1 Å². The minimum Gasteiger partial charge on any atom is -0.325 e. The molecule has 0 heterocycles. The highest BCUT2D eigenvalue weighted by Crippen LogP contribution is 2.27. The van der Waals surface area contributed by atoms with E-state index in [1.807, 2.05) is 0 Å². The molecule has 0 bridgehead atoms. The van der Waals surface area contributed by atoms with Crippen molar-refractivity contribution in [3.05, 3.63) is 0 Å². The molecule has 0 aliphatic carbocycles. The van der Waals surface area contributed by atoms with Crippen molar-refractivity contribution in [2.45, 2.75) is 0 Å². The van der Waals surface area contributed by atoms with E-state index >= 15 is 0 Å². The predicted octanol–water partition coefficient (Wildman–Crippen LogP) is -0.784. The van der Waals surface area contributed by atoms with E-state index in [4.69, 9.17) is 33.9 Å². The lowest BCUT2D eigenvalue weighted by Crippen LogP contribution is -1.64. The minimum absolute atomic E-state index is 0.854. The smallest absolute Gasteiger partial charge is 0.325 e. The Morgan fingerprint density at radius 3 is 0.857 bits per heavy atom. The number of rotatable bonds is 0. The Morgan fingerprint density at radius 1 is 0.857 bits per heavy atom. The van der Waals surface area contributed by atoms with E-state index in [1.165, 1.54) is 0 Å². The van der Waals surface area contributed by atoms with Gasteiger partial charge in [-0.15, -0.1) is 9.79 Å². The topological polar surface area (TPSA) is 173 Å². The lowest BCUT2D eigenvalue weighted by Gasteiger charge is -1.84. The van der Waals surface area contributed by atoms with Crippen LogP contribution in [0.5, 0.6) is 0 Å². The van der Waals surface area contributed by atoms with Crippen LogP contribution in [0, 0.1) is 0 Å². The first-order valence-electron chi connectivity index (χ1n) is 2.64. The molecule has 9 nitrogen and oxygen atoms in total. The SMILES string of the molecule is CP(=O)(O)O.CP(=O)(O)O.O=[P+](O)O. The molecular formula is C2H12O9P3+. The average molecular weight is 273 g/mol. The van der Waals surface area contributed by atoms with Gasteiger partial charge in [-0.25, -0.2) is 0 Å². The zero-order chi connectivity index (χ0) is 12.6. The molecule has 0 spiro atoms. The van der Waals surface area contributed by atoms with Crippen LogP contribution >= 0.6 is 23.4 Å². The molecule has 0 radical (unpaired) electrons. The van der Waals surface area contributed by atoms with E-state index in [0.717, 1.165) is 13.3 Å². The molecule has 0 rings (SSSR count). The van der Waals surface area contributed by atoms with E-state index in [-0.39, 0.29) is 0 Å². The van der Waals surface area contributed by atoms with Crippen LogP contribution in [0.2, 0.25) is 0 Å². The Bertz CT molecular complexity index is 194. The summed E-state index contributed by atoms with van der Waals surface area (Å²) in [6, 6.07) is 0. The van der Waals surface area contributed by atoms with Gasteiger partial charge in [0, 0.05) is 17.9 Å². The lowest BCUT2D eigenvalue weighted by molar-refractivity contribution is 0.379. The van der Waals surface area contributed by atoms with Crippen molar-refractivity contribution in [1.82, 2.24) is 0 Å². The maximum atomic E-state index is 9.33. The molecule has 0 aromatic heterocycles. The summed E-state index contributed by atoms with van der Waals surface area (Å²) < 4.78 is 27.4. The van der Waals surface area contributed by atoms with Crippen molar-refractivity contribution in [1.29, 1.82) is 0 Å². The van der Waals surface area contributed by atoms with Crippen molar-refractivity contribution in [3.8, 4) is 0 Å². The second kappa shape index (κ2) is 8.61. The van der Waals surface area contributed by atoms with Gasteiger partial charge in [-0.1, -0.05) is 0 Å². The van der Waals surface area contributed by atoms with E-state index in [9.17, 15) is 9.13 Å². The molecule has 0 unspecified atom stereocenters. The summed E-state index contributed by atoms with van der Waals surface area (Å²) in [5, 5.41) is 0. The molecule has 12 heteroatoms. The van der Waals surface area contributed by atoms with Crippen LogP contribution in [0.3, 0.4) is 0 Å². The summed E-state index contributed by atoms with van der Waals surface area (Å²) in [6.45, 7) is 1.71. The zero-order valence-corrected chi connectivity index (χ0v) is 9.93. The van der Waals surface area contributed by atoms with E-state index in [2.05, 4.69) is 0 Å². The van der Waals surface area contributed by atoms with Crippen LogP contribution in [-0.4, -0.2) is 42.7 Å². The van der Waals surface area contributed by atoms with Gasteiger partial charge in [-0.2, -0.15) is 0 Å². The molecule has 88 valence electrons. The maximum Gasteiger partial charge on any atom is 0.692 e. The van der Waals surface area contributed by atoms with Gasteiger partial charge in [0.15, 0.2) is 0 Å². The van der Waals surface area contributed by atoms with Crippen LogP contribution < -0.4 is 0 Å². The third kappa shape index (κ3) is 15400. The van der Waals surface area contributed by atoms with Gasteiger partial charge in [0.25, 0.3) is 0 Å². The van der Waals surface area contributed by atoms with Crippen LogP contribution in [0.1, 0.15) is 0 Å². The van der Waals surface area contributed by atoms with Crippen LogP contribution in [0.25, 0.3) is 0 Å². The summed E-state index contributed by atoms with van der Waals surface area (Å²) in [5.41, 5.74) is 0. The molecule has 0 aromatic carbocycles. The molecular weight excluding hydrogens is 261 g/mol. The first-order chi connectivity index (χ1) is 5.73. The quantitative estimate of drug-likeness (QED) is 0.309. The Kier molecular flexibility index (Phi) is 12.2. The largest absolute Gasteiger partial charge is 0.692 e. The first kappa shape index (κ1) is 19.8. The number of hydrogen-bond donors (Lipinski definition) is 6. The van der Waals surface area contributed by atoms with Gasteiger partial charge < -0.3 is 19.6 Å². The van der Waals surface area contributed by atoms with Gasteiger partial charge in [-0.3, -0.25) is 9.13 Å². The molecule has 0 atom stereocenters. The van der Waals surface area contributed by atoms with Crippen molar-refractivity contribution in [2.75, 3.05) is 13.3 Å².